The molecule has 1 saturated carbocycles. The van der Waals surface area contributed by atoms with Gasteiger partial charge >= 0.3 is 0 Å². The van der Waals surface area contributed by atoms with Crippen LogP contribution in [0, 0.1) is 5.92 Å². The average Bonchev–Trinajstić information content (AvgIpc) is 2.97. The highest BCUT2D eigenvalue weighted by Crippen LogP contribution is 2.26. The van der Waals surface area contributed by atoms with E-state index in [1.807, 2.05) is 0 Å². The molecule has 1 saturated heterocycles. The fraction of sp³-hybridized carbons (Fsp3) is 0.706. The number of carbonyl (C=O) groups excluding carboxylic acids is 2. The quantitative estimate of drug-likeness (QED) is 0.702. The molecule has 0 bridgehead atoms. The second-order valence-electron chi connectivity index (χ2n) is 7.37. The molecule has 9 nitrogen and oxygen atoms in total. The molecule has 0 aromatic carbocycles. The van der Waals surface area contributed by atoms with E-state index in [4.69, 9.17) is 0 Å². The maximum atomic E-state index is 13.0. The first-order valence-corrected chi connectivity index (χ1v) is 11.1. The van der Waals surface area contributed by atoms with E-state index in [1.54, 1.807) is 28.9 Å². The number of anilines is 1. The van der Waals surface area contributed by atoms with Crippen molar-refractivity contribution in [2.24, 2.45) is 13.0 Å². The van der Waals surface area contributed by atoms with Crippen molar-refractivity contribution in [3.8, 4) is 0 Å². The van der Waals surface area contributed by atoms with Crippen LogP contribution in [0.1, 0.15) is 32.1 Å². The van der Waals surface area contributed by atoms with Gasteiger partial charge in [-0.15, -0.1) is 0 Å². The number of piperidine rings is 1. The molecular formula is C17H27N5O4S. The van der Waals surface area contributed by atoms with Crippen LogP contribution >= 0.6 is 0 Å². The highest BCUT2D eigenvalue weighted by molar-refractivity contribution is 7.88. The van der Waals surface area contributed by atoms with Gasteiger partial charge < -0.3 is 5.32 Å². The maximum Gasteiger partial charge on any atom is 0.246 e. The summed E-state index contributed by atoms with van der Waals surface area (Å²) in [5, 5.41) is 6.88. The standard InChI is InChI=1S/C17H27N5O4S/c1-20-16(8-9-19-20)21-10-4-7-14(17(21)24)22(27(2,25)26)12-15(23)18-11-13-5-3-6-13/h8-9,13-14H,3-7,10-12H2,1-2H3,(H,18,23)/t14-/m0/s1. The van der Waals surface area contributed by atoms with Crippen molar-refractivity contribution in [3.05, 3.63) is 12.3 Å². The number of rotatable bonds is 7. The minimum atomic E-state index is -3.72. The van der Waals surface area contributed by atoms with Crippen molar-refractivity contribution < 1.29 is 18.0 Å². The van der Waals surface area contributed by atoms with Crippen LogP contribution in [-0.4, -0.2) is 66.2 Å². The molecule has 1 aliphatic carbocycles. The van der Waals surface area contributed by atoms with Crippen molar-refractivity contribution in [1.29, 1.82) is 0 Å². The number of nitrogens with zero attached hydrogens (tertiary/aromatic N) is 4. The van der Waals surface area contributed by atoms with E-state index in [0.29, 0.717) is 37.7 Å². The number of sulfonamides is 1. The number of aromatic nitrogens is 2. The lowest BCUT2D eigenvalue weighted by Crippen LogP contribution is -2.56. The van der Waals surface area contributed by atoms with E-state index < -0.39 is 16.1 Å². The molecule has 2 fully saturated rings. The topological polar surface area (TPSA) is 105 Å². The highest BCUT2D eigenvalue weighted by atomic mass is 32.2. The minimum absolute atomic E-state index is 0.318. The molecule has 2 aliphatic rings. The highest BCUT2D eigenvalue weighted by Gasteiger charge is 2.39. The van der Waals surface area contributed by atoms with Crippen LogP contribution < -0.4 is 10.2 Å². The summed E-state index contributed by atoms with van der Waals surface area (Å²) in [7, 11) is -1.99. The monoisotopic (exact) mass is 397 g/mol. The molecule has 1 aromatic rings. The first kappa shape index (κ1) is 19.8. The van der Waals surface area contributed by atoms with Crippen LogP contribution in [0.5, 0.6) is 0 Å². The number of hydrogen-bond donors (Lipinski definition) is 1. The van der Waals surface area contributed by atoms with Gasteiger partial charge in [0.05, 0.1) is 19.0 Å². The number of amides is 2. The number of nitrogens with one attached hydrogen (secondary N) is 1. The third kappa shape index (κ3) is 4.49. The Morgan fingerprint density at radius 1 is 1.33 bits per heavy atom. The lowest BCUT2D eigenvalue weighted by molar-refractivity contribution is -0.126. The van der Waals surface area contributed by atoms with Gasteiger partial charge in [0.15, 0.2) is 0 Å². The molecule has 0 radical (unpaired) electrons. The first-order chi connectivity index (χ1) is 12.8. The van der Waals surface area contributed by atoms with Crippen LogP contribution in [0.2, 0.25) is 0 Å². The zero-order chi connectivity index (χ0) is 19.6. The fourth-order valence-electron chi connectivity index (χ4n) is 3.59. The van der Waals surface area contributed by atoms with Crippen molar-refractivity contribution in [2.45, 2.75) is 38.1 Å². The predicted molar refractivity (Wildman–Crippen MR) is 100 cm³/mol. The molecule has 1 N–H and O–H groups in total. The van der Waals surface area contributed by atoms with Gasteiger partial charge in [-0.25, -0.2) is 8.42 Å². The number of hydrogen-bond acceptors (Lipinski definition) is 5. The third-order valence-corrected chi connectivity index (χ3v) is 6.60. The maximum absolute atomic E-state index is 13.0. The SMILES string of the molecule is Cn1nccc1N1CCC[C@H](N(CC(=O)NCC2CCC2)S(C)(=O)=O)C1=O. The lowest BCUT2D eigenvalue weighted by atomic mass is 9.85. The molecule has 0 spiro atoms. The summed E-state index contributed by atoms with van der Waals surface area (Å²) in [5.74, 6) is 0.421. The van der Waals surface area contributed by atoms with Crippen molar-refractivity contribution in [3.63, 3.8) is 0 Å². The van der Waals surface area contributed by atoms with Gasteiger partial charge in [-0.3, -0.25) is 19.2 Å². The largest absolute Gasteiger partial charge is 0.355 e. The molecule has 1 aliphatic heterocycles. The Kier molecular flexibility index (Phi) is 5.85. The minimum Gasteiger partial charge on any atom is -0.355 e. The van der Waals surface area contributed by atoms with Crippen LogP contribution in [0.3, 0.4) is 0 Å². The zero-order valence-corrected chi connectivity index (χ0v) is 16.6. The third-order valence-electron chi connectivity index (χ3n) is 5.37. The van der Waals surface area contributed by atoms with E-state index in [2.05, 4.69) is 10.4 Å². The Balaban J connectivity index is 1.72. The second-order valence-corrected chi connectivity index (χ2v) is 9.31. The predicted octanol–water partition coefficient (Wildman–Crippen LogP) is 0.0934. The van der Waals surface area contributed by atoms with E-state index in [1.165, 1.54) is 6.42 Å². The number of aryl methyl sites for hydroxylation is 1. The molecule has 2 heterocycles. The lowest BCUT2D eigenvalue weighted by Gasteiger charge is -2.36. The normalized spacial score (nSPS) is 21.4. The van der Waals surface area contributed by atoms with Gasteiger partial charge in [-0.05, 0) is 31.6 Å². The summed E-state index contributed by atoms with van der Waals surface area (Å²) in [6, 6.07) is 0.842. The molecule has 27 heavy (non-hydrogen) atoms. The molecule has 1 atom stereocenters. The molecule has 3 rings (SSSR count). The summed E-state index contributed by atoms with van der Waals surface area (Å²) in [4.78, 5) is 26.9. The van der Waals surface area contributed by atoms with Gasteiger partial charge in [0.1, 0.15) is 11.9 Å². The van der Waals surface area contributed by atoms with Gasteiger partial charge in [0.2, 0.25) is 21.8 Å². The van der Waals surface area contributed by atoms with Crippen molar-refractivity contribution in [2.75, 3.05) is 30.8 Å². The Bertz CT molecular complexity index is 802. The average molecular weight is 398 g/mol. The molecule has 0 unspecified atom stereocenters. The Labute approximate surface area is 159 Å². The van der Waals surface area contributed by atoms with Crippen LogP contribution in [0.15, 0.2) is 12.3 Å². The van der Waals surface area contributed by atoms with Gasteiger partial charge in [-0.2, -0.15) is 9.40 Å². The Morgan fingerprint density at radius 2 is 2.07 bits per heavy atom. The summed E-state index contributed by atoms with van der Waals surface area (Å²) >= 11 is 0. The van der Waals surface area contributed by atoms with Gasteiger partial charge in [0.25, 0.3) is 0 Å². The van der Waals surface area contributed by atoms with E-state index in [9.17, 15) is 18.0 Å². The molecule has 1 aromatic heterocycles. The van der Waals surface area contributed by atoms with Crippen LogP contribution in [-0.2, 0) is 26.7 Å². The summed E-state index contributed by atoms with van der Waals surface area (Å²) in [5.41, 5.74) is 0. The second kappa shape index (κ2) is 7.97. The van der Waals surface area contributed by atoms with E-state index >= 15 is 0 Å². The molecule has 10 heteroatoms. The first-order valence-electron chi connectivity index (χ1n) is 9.30. The smallest absolute Gasteiger partial charge is 0.246 e. The number of carbonyl (C=O) groups is 2. The zero-order valence-electron chi connectivity index (χ0n) is 15.8. The van der Waals surface area contributed by atoms with E-state index in [-0.39, 0.29) is 18.4 Å². The van der Waals surface area contributed by atoms with Crippen molar-refractivity contribution >= 4 is 27.7 Å². The Hall–Kier alpha value is -1.94. The summed E-state index contributed by atoms with van der Waals surface area (Å²) in [6.07, 6.45) is 7.05. The summed E-state index contributed by atoms with van der Waals surface area (Å²) < 4.78 is 27.3. The van der Waals surface area contributed by atoms with Crippen LogP contribution in [0.4, 0.5) is 5.82 Å². The van der Waals surface area contributed by atoms with Crippen LogP contribution in [0.25, 0.3) is 0 Å². The summed E-state index contributed by atoms with van der Waals surface area (Å²) in [6.45, 7) is 0.734. The van der Waals surface area contributed by atoms with Gasteiger partial charge in [-0.1, -0.05) is 6.42 Å². The molecule has 150 valence electrons. The Morgan fingerprint density at radius 3 is 2.63 bits per heavy atom. The molecule has 2 amide bonds. The molecular weight excluding hydrogens is 370 g/mol. The van der Waals surface area contributed by atoms with Crippen molar-refractivity contribution in [1.82, 2.24) is 19.4 Å². The fourth-order valence-corrected chi connectivity index (χ4v) is 4.60. The van der Waals surface area contributed by atoms with Gasteiger partial charge in [0, 0.05) is 26.2 Å². The van der Waals surface area contributed by atoms with E-state index in [0.717, 1.165) is 23.4 Å².